The number of carbonyl (C=O) groups excluding carboxylic acids is 1. The minimum atomic E-state index is -2.60. The normalized spacial score (nSPS) is 16.2. The third-order valence-corrected chi connectivity index (χ3v) is 6.18. The van der Waals surface area contributed by atoms with Gasteiger partial charge in [-0.1, -0.05) is 49.4 Å². The molecule has 2 atom stereocenters. The highest BCUT2D eigenvalue weighted by atomic mass is 32.2. The van der Waals surface area contributed by atoms with Gasteiger partial charge in [-0.3, -0.25) is 9.69 Å². The molecule has 2 aromatic rings. The van der Waals surface area contributed by atoms with Gasteiger partial charge in [0.1, 0.15) is 11.8 Å². The lowest BCUT2D eigenvalue weighted by Gasteiger charge is -2.29. The molecule has 0 aromatic heterocycles. The molecular weight excluding hydrogens is 426 g/mol. The summed E-state index contributed by atoms with van der Waals surface area (Å²) in [6.07, 6.45) is 0.619. The van der Waals surface area contributed by atoms with Crippen LogP contribution >= 0.6 is 0 Å². The number of nitrogens with zero attached hydrogens (tertiary/aromatic N) is 2. The second-order valence-electron chi connectivity index (χ2n) is 8.24. The Morgan fingerprint density at radius 2 is 1.97 bits per heavy atom. The van der Waals surface area contributed by atoms with E-state index in [9.17, 15) is 13.2 Å². The van der Waals surface area contributed by atoms with E-state index in [4.69, 9.17) is 4.74 Å². The molecule has 1 aliphatic rings. The molecule has 7 nitrogen and oxygen atoms in total. The van der Waals surface area contributed by atoms with Gasteiger partial charge in [0, 0.05) is 24.6 Å². The average molecular weight is 458 g/mol. The van der Waals surface area contributed by atoms with Crippen LogP contribution in [0.4, 0.5) is 0 Å². The molecule has 3 rings (SSSR count). The maximum atomic E-state index is 12.8. The van der Waals surface area contributed by atoms with Gasteiger partial charge in [-0.2, -0.15) is 12.8 Å². The van der Waals surface area contributed by atoms with Crippen LogP contribution < -0.4 is 10.1 Å². The monoisotopic (exact) mass is 457 g/mol. The van der Waals surface area contributed by atoms with E-state index in [0.717, 1.165) is 24.4 Å². The molecule has 0 aliphatic carbocycles. The molecule has 0 radical (unpaired) electrons. The highest BCUT2D eigenvalue weighted by Crippen LogP contribution is 2.33. The quantitative estimate of drug-likeness (QED) is 0.614. The van der Waals surface area contributed by atoms with E-state index < -0.39 is 16.5 Å². The van der Waals surface area contributed by atoms with Gasteiger partial charge in [-0.05, 0) is 37.6 Å². The molecule has 2 aromatic carbocycles. The predicted octanol–water partition coefficient (Wildman–Crippen LogP) is 4.05. The van der Waals surface area contributed by atoms with Crippen molar-refractivity contribution in [2.45, 2.75) is 58.3 Å². The summed E-state index contributed by atoms with van der Waals surface area (Å²) in [5.74, 6) is 0.552. The van der Waals surface area contributed by atoms with Crippen molar-refractivity contribution in [3.63, 3.8) is 0 Å². The lowest BCUT2D eigenvalue weighted by molar-refractivity contribution is -0.122. The zero-order chi connectivity index (χ0) is 23.1. The third kappa shape index (κ3) is 6.40. The van der Waals surface area contributed by atoms with Crippen molar-refractivity contribution in [1.82, 2.24) is 10.2 Å². The standard InChI is InChI=1S/C24H31N3O4S/c1-4-27(17(2)3)16-18-10-11-20-21(12-13-31-23(20)14-18)25-24(28)15-22(26-32(29)30)19-8-6-5-7-9-19/h5-11,14,17,21-22H,4,12-13,15-16H2,1-3H3,(H,25,28). The number of benzene rings is 2. The topological polar surface area (TPSA) is 88.1 Å². The van der Waals surface area contributed by atoms with Crippen molar-refractivity contribution in [2.75, 3.05) is 13.2 Å². The van der Waals surface area contributed by atoms with Crippen molar-refractivity contribution < 1.29 is 17.9 Å². The molecular formula is C24H31N3O4S. The highest BCUT2D eigenvalue weighted by Gasteiger charge is 2.25. The number of nitrogens with one attached hydrogen (secondary N) is 1. The Hall–Kier alpha value is -2.71. The molecule has 1 amide bonds. The molecule has 0 spiro atoms. The van der Waals surface area contributed by atoms with Gasteiger partial charge >= 0.3 is 10.5 Å². The van der Waals surface area contributed by atoms with E-state index in [1.807, 2.05) is 12.1 Å². The largest absolute Gasteiger partial charge is 0.493 e. The first-order chi connectivity index (χ1) is 15.4. The average Bonchev–Trinajstić information content (AvgIpc) is 2.77. The maximum Gasteiger partial charge on any atom is 0.311 e. The van der Waals surface area contributed by atoms with Crippen molar-refractivity contribution in [2.24, 2.45) is 4.36 Å². The van der Waals surface area contributed by atoms with Gasteiger partial charge in [0.25, 0.3) is 0 Å². The van der Waals surface area contributed by atoms with Crippen LogP contribution in [0.2, 0.25) is 0 Å². The summed E-state index contributed by atoms with van der Waals surface area (Å²) in [6.45, 7) is 8.84. The van der Waals surface area contributed by atoms with Crippen molar-refractivity contribution in [3.05, 3.63) is 65.2 Å². The number of hydrogen-bond acceptors (Lipinski definition) is 6. The van der Waals surface area contributed by atoms with E-state index in [2.05, 4.69) is 47.5 Å². The fourth-order valence-corrected chi connectivity index (χ4v) is 4.40. The highest BCUT2D eigenvalue weighted by molar-refractivity contribution is 7.61. The lowest BCUT2D eigenvalue weighted by Crippen LogP contribution is -2.33. The summed E-state index contributed by atoms with van der Waals surface area (Å²) in [5.41, 5.74) is 2.81. The van der Waals surface area contributed by atoms with E-state index in [1.54, 1.807) is 24.3 Å². The molecule has 8 heteroatoms. The Labute approximate surface area is 191 Å². The molecule has 0 fully saturated rings. The summed E-state index contributed by atoms with van der Waals surface area (Å²) in [7, 11) is -2.60. The van der Waals surface area contributed by atoms with Crippen LogP contribution in [0.1, 0.15) is 62.4 Å². The van der Waals surface area contributed by atoms with Crippen LogP contribution in [-0.2, 0) is 21.8 Å². The second-order valence-corrected chi connectivity index (χ2v) is 8.88. The second kappa shape index (κ2) is 11.2. The smallest absolute Gasteiger partial charge is 0.311 e. The summed E-state index contributed by atoms with van der Waals surface area (Å²) >= 11 is 0. The molecule has 32 heavy (non-hydrogen) atoms. The fraction of sp³-hybridized carbons (Fsp3) is 0.458. The Morgan fingerprint density at radius 1 is 1.22 bits per heavy atom. The van der Waals surface area contributed by atoms with Gasteiger partial charge in [0.2, 0.25) is 5.91 Å². The molecule has 1 aliphatic heterocycles. The Kier molecular flexibility index (Phi) is 8.41. The van der Waals surface area contributed by atoms with E-state index in [1.165, 1.54) is 5.56 Å². The van der Waals surface area contributed by atoms with Crippen LogP contribution in [0.15, 0.2) is 52.9 Å². The van der Waals surface area contributed by atoms with Crippen LogP contribution in [0.25, 0.3) is 0 Å². The fourth-order valence-electron chi connectivity index (χ4n) is 4.00. The van der Waals surface area contributed by atoms with Gasteiger partial charge < -0.3 is 10.1 Å². The van der Waals surface area contributed by atoms with E-state index in [0.29, 0.717) is 24.6 Å². The Bertz CT molecular complexity index is 1050. The molecule has 0 bridgehead atoms. The van der Waals surface area contributed by atoms with Crippen LogP contribution in [0.5, 0.6) is 5.75 Å². The number of hydrogen-bond donors (Lipinski definition) is 1. The molecule has 172 valence electrons. The first-order valence-corrected chi connectivity index (χ1v) is 12.0. The van der Waals surface area contributed by atoms with Gasteiger partial charge in [-0.25, -0.2) is 0 Å². The number of carbonyl (C=O) groups is 1. The number of fused-ring (bicyclic) bond motifs is 1. The lowest BCUT2D eigenvalue weighted by atomic mass is 9.97. The van der Waals surface area contributed by atoms with E-state index >= 15 is 0 Å². The van der Waals surface area contributed by atoms with Gasteiger partial charge in [-0.15, -0.1) is 0 Å². The summed E-state index contributed by atoms with van der Waals surface area (Å²) < 4.78 is 31.9. The first kappa shape index (κ1) is 23.9. The maximum absolute atomic E-state index is 12.8. The van der Waals surface area contributed by atoms with Crippen LogP contribution in [0.3, 0.4) is 0 Å². The number of rotatable bonds is 9. The van der Waals surface area contributed by atoms with E-state index in [-0.39, 0.29) is 18.4 Å². The summed E-state index contributed by atoms with van der Waals surface area (Å²) in [5, 5.41) is 3.05. The minimum absolute atomic E-state index is 0.0391. The van der Waals surface area contributed by atoms with Crippen LogP contribution in [0, 0.1) is 0 Å². The number of ether oxygens (including phenoxy) is 1. The molecule has 0 saturated carbocycles. The Morgan fingerprint density at radius 3 is 2.62 bits per heavy atom. The predicted molar refractivity (Wildman–Crippen MR) is 124 cm³/mol. The minimum Gasteiger partial charge on any atom is -0.493 e. The van der Waals surface area contributed by atoms with Gasteiger partial charge in [0.15, 0.2) is 0 Å². The summed E-state index contributed by atoms with van der Waals surface area (Å²) in [6, 6.07) is 14.7. The number of amides is 1. The Balaban J connectivity index is 1.72. The van der Waals surface area contributed by atoms with Crippen molar-refractivity contribution in [3.8, 4) is 5.75 Å². The summed E-state index contributed by atoms with van der Waals surface area (Å²) in [4.78, 5) is 15.2. The molecule has 2 unspecified atom stereocenters. The van der Waals surface area contributed by atoms with Crippen molar-refractivity contribution >= 4 is 16.4 Å². The van der Waals surface area contributed by atoms with Crippen LogP contribution in [-0.4, -0.2) is 38.4 Å². The SMILES string of the molecule is CCN(Cc1ccc2c(c1)OCCC2NC(=O)CC(N=S(=O)=O)c1ccccc1)C(C)C. The third-order valence-electron chi connectivity index (χ3n) is 5.75. The first-order valence-electron chi connectivity index (χ1n) is 11.0. The zero-order valence-corrected chi connectivity index (χ0v) is 19.6. The van der Waals surface area contributed by atoms with Gasteiger partial charge in [0.05, 0.1) is 19.1 Å². The molecule has 1 N–H and O–H groups in total. The molecule has 0 saturated heterocycles. The van der Waals surface area contributed by atoms with Crippen molar-refractivity contribution in [1.29, 1.82) is 0 Å². The zero-order valence-electron chi connectivity index (χ0n) is 18.8. The molecule has 1 heterocycles.